The van der Waals surface area contributed by atoms with E-state index in [2.05, 4.69) is 15.5 Å². The number of hydrogen-bond acceptors (Lipinski definition) is 4. The molecule has 2 amide bonds. The molecule has 6 heteroatoms. The second-order valence-electron chi connectivity index (χ2n) is 5.41. The number of likely N-dealkylation sites (N-methyl/N-ethyl adjacent to an activating group) is 1. The van der Waals surface area contributed by atoms with Gasteiger partial charge in [-0.2, -0.15) is 0 Å². The molecule has 6 nitrogen and oxygen atoms in total. The molecule has 0 aromatic rings. The number of carbonyl (C=O) groups excluding carboxylic acids is 2. The van der Waals surface area contributed by atoms with E-state index in [-0.39, 0.29) is 17.9 Å². The molecular weight excluding hydrogens is 244 g/mol. The van der Waals surface area contributed by atoms with Gasteiger partial charge in [-0.25, -0.2) is 0 Å². The van der Waals surface area contributed by atoms with Crippen molar-refractivity contribution in [2.45, 2.75) is 31.8 Å². The Morgan fingerprint density at radius 3 is 2.37 bits per heavy atom. The standard InChI is InChI=1S/C13H24N4O2/c1-10(13(19)15-11-3-4-11)16-5-7-17(8-6-16)12(18)9-14-2/h10-11,14H,3-9H2,1-2H3,(H,15,19). The summed E-state index contributed by atoms with van der Waals surface area (Å²) in [6, 6.07) is 0.315. The zero-order valence-electron chi connectivity index (χ0n) is 11.8. The van der Waals surface area contributed by atoms with Gasteiger partial charge in [-0.05, 0) is 26.8 Å². The number of amides is 2. The molecule has 2 N–H and O–H groups in total. The highest BCUT2D eigenvalue weighted by Crippen LogP contribution is 2.19. The molecule has 1 saturated carbocycles. The fourth-order valence-electron chi connectivity index (χ4n) is 2.34. The van der Waals surface area contributed by atoms with Crippen LogP contribution < -0.4 is 10.6 Å². The van der Waals surface area contributed by atoms with Crippen molar-refractivity contribution in [2.24, 2.45) is 0 Å². The molecule has 2 aliphatic rings. The lowest BCUT2D eigenvalue weighted by Gasteiger charge is -2.37. The lowest BCUT2D eigenvalue weighted by atomic mass is 10.2. The Balaban J connectivity index is 1.75. The van der Waals surface area contributed by atoms with Crippen LogP contribution in [0.3, 0.4) is 0 Å². The van der Waals surface area contributed by atoms with E-state index in [9.17, 15) is 9.59 Å². The zero-order valence-corrected chi connectivity index (χ0v) is 11.8. The van der Waals surface area contributed by atoms with Gasteiger partial charge in [0.05, 0.1) is 12.6 Å². The van der Waals surface area contributed by atoms with E-state index < -0.39 is 0 Å². The van der Waals surface area contributed by atoms with E-state index in [1.807, 2.05) is 11.8 Å². The first kappa shape index (κ1) is 14.3. The highest BCUT2D eigenvalue weighted by Gasteiger charge is 2.30. The Morgan fingerprint density at radius 2 is 1.84 bits per heavy atom. The van der Waals surface area contributed by atoms with Gasteiger partial charge in [0.15, 0.2) is 0 Å². The van der Waals surface area contributed by atoms with E-state index in [1.54, 1.807) is 7.05 Å². The largest absolute Gasteiger partial charge is 0.352 e. The maximum Gasteiger partial charge on any atom is 0.237 e. The highest BCUT2D eigenvalue weighted by molar-refractivity contribution is 5.82. The summed E-state index contributed by atoms with van der Waals surface area (Å²) in [5, 5.41) is 5.91. The minimum absolute atomic E-state index is 0.0952. The number of nitrogens with zero attached hydrogens (tertiary/aromatic N) is 2. The van der Waals surface area contributed by atoms with Crippen molar-refractivity contribution in [2.75, 3.05) is 39.8 Å². The Labute approximate surface area is 114 Å². The van der Waals surface area contributed by atoms with E-state index in [1.165, 1.54) is 0 Å². The second-order valence-corrected chi connectivity index (χ2v) is 5.41. The fraction of sp³-hybridized carbons (Fsp3) is 0.846. The molecule has 0 aromatic carbocycles. The Kier molecular flexibility index (Phi) is 4.76. The maximum absolute atomic E-state index is 12.0. The SMILES string of the molecule is CNCC(=O)N1CCN(C(C)C(=O)NC2CC2)CC1. The topological polar surface area (TPSA) is 64.7 Å². The van der Waals surface area contributed by atoms with Crippen molar-refractivity contribution in [1.29, 1.82) is 0 Å². The van der Waals surface area contributed by atoms with Crippen LogP contribution in [0, 0.1) is 0 Å². The van der Waals surface area contributed by atoms with Gasteiger partial charge < -0.3 is 15.5 Å². The first-order valence-electron chi connectivity index (χ1n) is 7.08. The third kappa shape index (κ3) is 3.91. The normalized spacial score (nSPS) is 22.1. The van der Waals surface area contributed by atoms with Gasteiger partial charge in [0, 0.05) is 32.2 Å². The number of rotatable bonds is 5. The summed E-state index contributed by atoms with van der Waals surface area (Å²) in [5.74, 6) is 0.259. The van der Waals surface area contributed by atoms with Crippen molar-refractivity contribution < 1.29 is 9.59 Å². The van der Waals surface area contributed by atoms with Crippen molar-refractivity contribution in [3.05, 3.63) is 0 Å². The Morgan fingerprint density at radius 1 is 1.21 bits per heavy atom. The van der Waals surface area contributed by atoms with Crippen LogP contribution >= 0.6 is 0 Å². The van der Waals surface area contributed by atoms with E-state index >= 15 is 0 Å². The summed E-state index contributed by atoms with van der Waals surface area (Å²) in [6.45, 7) is 5.30. The van der Waals surface area contributed by atoms with Crippen LogP contribution in [-0.2, 0) is 9.59 Å². The molecule has 1 saturated heterocycles. The van der Waals surface area contributed by atoms with E-state index in [0.29, 0.717) is 25.7 Å². The minimum Gasteiger partial charge on any atom is -0.352 e. The van der Waals surface area contributed by atoms with Gasteiger partial charge in [-0.3, -0.25) is 14.5 Å². The summed E-state index contributed by atoms with van der Waals surface area (Å²) in [5.41, 5.74) is 0. The second kappa shape index (κ2) is 6.34. The third-order valence-corrected chi connectivity index (χ3v) is 3.85. The number of hydrogen-bond donors (Lipinski definition) is 2. The van der Waals surface area contributed by atoms with Crippen molar-refractivity contribution in [3.8, 4) is 0 Å². The van der Waals surface area contributed by atoms with E-state index in [4.69, 9.17) is 0 Å². The third-order valence-electron chi connectivity index (χ3n) is 3.85. The molecule has 1 aliphatic carbocycles. The fourth-order valence-corrected chi connectivity index (χ4v) is 2.34. The molecule has 2 rings (SSSR count). The average molecular weight is 268 g/mol. The van der Waals surface area contributed by atoms with Gasteiger partial charge in [0.1, 0.15) is 0 Å². The molecule has 19 heavy (non-hydrogen) atoms. The predicted molar refractivity (Wildman–Crippen MR) is 72.7 cm³/mol. The zero-order chi connectivity index (χ0) is 13.8. The summed E-state index contributed by atoms with van der Waals surface area (Å²) in [4.78, 5) is 27.7. The van der Waals surface area contributed by atoms with Crippen LogP contribution in [0.25, 0.3) is 0 Å². The Hall–Kier alpha value is -1.14. The number of nitrogens with one attached hydrogen (secondary N) is 2. The van der Waals surface area contributed by atoms with Crippen molar-refractivity contribution >= 4 is 11.8 Å². The first-order valence-corrected chi connectivity index (χ1v) is 7.08. The quantitative estimate of drug-likeness (QED) is 0.672. The van der Waals surface area contributed by atoms with E-state index in [0.717, 1.165) is 25.9 Å². The smallest absolute Gasteiger partial charge is 0.237 e. The molecule has 0 radical (unpaired) electrons. The molecule has 0 bridgehead atoms. The molecular formula is C13H24N4O2. The lowest BCUT2D eigenvalue weighted by Crippen LogP contribution is -2.56. The van der Waals surface area contributed by atoms with Crippen LogP contribution in [0.2, 0.25) is 0 Å². The summed E-state index contributed by atoms with van der Waals surface area (Å²) < 4.78 is 0. The number of piperazine rings is 1. The molecule has 2 fully saturated rings. The van der Waals surface area contributed by atoms with Crippen LogP contribution in [0.4, 0.5) is 0 Å². The maximum atomic E-state index is 12.0. The molecule has 1 atom stereocenters. The highest BCUT2D eigenvalue weighted by atomic mass is 16.2. The number of carbonyl (C=O) groups is 2. The van der Waals surface area contributed by atoms with Crippen LogP contribution in [0.15, 0.2) is 0 Å². The van der Waals surface area contributed by atoms with Gasteiger partial charge in [-0.1, -0.05) is 0 Å². The predicted octanol–water partition coefficient (Wildman–Crippen LogP) is -0.983. The van der Waals surface area contributed by atoms with Crippen molar-refractivity contribution in [3.63, 3.8) is 0 Å². The molecule has 108 valence electrons. The van der Waals surface area contributed by atoms with Crippen LogP contribution in [-0.4, -0.2) is 73.5 Å². The monoisotopic (exact) mass is 268 g/mol. The average Bonchev–Trinajstić information content (AvgIpc) is 3.22. The summed E-state index contributed by atoms with van der Waals surface area (Å²) in [7, 11) is 1.78. The molecule has 1 aliphatic heterocycles. The summed E-state index contributed by atoms with van der Waals surface area (Å²) in [6.07, 6.45) is 2.23. The summed E-state index contributed by atoms with van der Waals surface area (Å²) >= 11 is 0. The van der Waals surface area contributed by atoms with Gasteiger partial charge >= 0.3 is 0 Å². The first-order chi connectivity index (χ1) is 9.11. The van der Waals surface area contributed by atoms with Crippen LogP contribution in [0.1, 0.15) is 19.8 Å². The molecule has 0 spiro atoms. The van der Waals surface area contributed by atoms with Gasteiger partial charge in [0.2, 0.25) is 11.8 Å². The van der Waals surface area contributed by atoms with Gasteiger partial charge in [0.25, 0.3) is 0 Å². The Bertz CT molecular complexity index is 336. The minimum atomic E-state index is -0.0952. The van der Waals surface area contributed by atoms with Crippen molar-refractivity contribution in [1.82, 2.24) is 20.4 Å². The molecule has 1 heterocycles. The molecule has 0 aromatic heterocycles. The van der Waals surface area contributed by atoms with Crippen LogP contribution in [0.5, 0.6) is 0 Å². The lowest BCUT2D eigenvalue weighted by molar-refractivity contribution is -0.133. The van der Waals surface area contributed by atoms with Gasteiger partial charge in [-0.15, -0.1) is 0 Å². The molecule has 1 unspecified atom stereocenters.